The van der Waals surface area contributed by atoms with Crippen molar-refractivity contribution in [3.63, 3.8) is 0 Å². The molecule has 0 radical (unpaired) electrons. The van der Waals surface area contributed by atoms with Crippen molar-refractivity contribution < 1.29 is 0 Å². The fraction of sp³-hybridized carbons (Fsp3) is 0.111. The third kappa shape index (κ3) is 2.90. The van der Waals surface area contributed by atoms with Crippen molar-refractivity contribution in [2.45, 2.75) is 17.1 Å². The fourth-order valence-electron chi connectivity index (χ4n) is 0.964. The highest BCUT2D eigenvalue weighted by Gasteiger charge is 2.08. The molecule has 2 aromatic heterocycles. The van der Waals surface area contributed by atoms with E-state index in [1.54, 1.807) is 12.4 Å². The third-order valence-corrected chi connectivity index (χ3v) is 3.55. The lowest BCUT2D eigenvalue weighted by molar-refractivity contribution is 0.923. The molecular formula is C9H6BrClN4S. The summed E-state index contributed by atoms with van der Waals surface area (Å²) in [6.45, 7) is 1.91. The van der Waals surface area contributed by atoms with Crippen LogP contribution in [0.3, 0.4) is 0 Å². The highest BCUT2D eigenvalue weighted by Crippen LogP contribution is 2.29. The minimum absolute atomic E-state index is 0.207. The minimum atomic E-state index is 0.207. The lowest BCUT2D eigenvalue weighted by Gasteiger charge is -2.02. The lowest BCUT2D eigenvalue weighted by Crippen LogP contribution is -1.91. The summed E-state index contributed by atoms with van der Waals surface area (Å²) in [5.74, 6) is 0. The van der Waals surface area contributed by atoms with Gasteiger partial charge in [-0.3, -0.25) is 0 Å². The molecule has 2 aromatic rings. The molecule has 0 aliphatic rings. The molecule has 0 spiro atoms. The number of halogens is 2. The first-order valence-corrected chi connectivity index (χ1v) is 6.29. The smallest absolute Gasteiger partial charge is 0.223 e. The number of aromatic nitrogens is 4. The Morgan fingerprint density at radius 2 is 2.12 bits per heavy atom. The third-order valence-electron chi connectivity index (χ3n) is 1.64. The molecule has 0 saturated heterocycles. The Morgan fingerprint density at radius 3 is 2.88 bits per heavy atom. The molecule has 2 rings (SSSR count). The van der Waals surface area contributed by atoms with Crippen LogP contribution < -0.4 is 0 Å². The molecule has 2 heterocycles. The van der Waals surface area contributed by atoms with Crippen LogP contribution in [0.15, 0.2) is 33.1 Å². The monoisotopic (exact) mass is 316 g/mol. The number of nitrogens with zero attached hydrogens (tertiary/aromatic N) is 4. The molecule has 82 valence electrons. The van der Waals surface area contributed by atoms with Crippen LogP contribution in [0.5, 0.6) is 0 Å². The zero-order chi connectivity index (χ0) is 11.5. The van der Waals surface area contributed by atoms with Gasteiger partial charge in [-0.15, -0.1) is 0 Å². The van der Waals surface area contributed by atoms with Crippen molar-refractivity contribution in [1.82, 2.24) is 19.9 Å². The normalized spacial score (nSPS) is 10.4. The molecule has 0 unspecified atom stereocenters. The van der Waals surface area contributed by atoms with Crippen molar-refractivity contribution in [3.05, 3.63) is 33.9 Å². The first-order valence-electron chi connectivity index (χ1n) is 4.30. The average molecular weight is 318 g/mol. The van der Waals surface area contributed by atoms with Gasteiger partial charge < -0.3 is 0 Å². The first kappa shape index (κ1) is 11.8. The van der Waals surface area contributed by atoms with Crippen LogP contribution in [0.25, 0.3) is 0 Å². The van der Waals surface area contributed by atoms with Gasteiger partial charge >= 0.3 is 0 Å². The quantitative estimate of drug-likeness (QED) is 0.629. The van der Waals surface area contributed by atoms with E-state index in [9.17, 15) is 0 Å². The summed E-state index contributed by atoms with van der Waals surface area (Å²) in [6.07, 6.45) is 3.31. The van der Waals surface area contributed by atoms with E-state index in [1.165, 1.54) is 11.8 Å². The van der Waals surface area contributed by atoms with Crippen molar-refractivity contribution in [2.75, 3.05) is 0 Å². The molecule has 0 bridgehead atoms. The molecule has 0 aliphatic carbocycles. The molecule has 16 heavy (non-hydrogen) atoms. The summed E-state index contributed by atoms with van der Waals surface area (Å²) in [5.41, 5.74) is 0.911. The Morgan fingerprint density at radius 1 is 1.31 bits per heavy atom. The molecule has 0 aromatic carbocycles. The summed E-state index contributed by atoms with van der Waals surface area (Å²) in [7, 11) is 0. The highest BCUT2D eigenvalue weighted by atomic mass is 79.9. The Bertz CT molecular complexity index is 523. The van der Waals surface area contributed by atoms with Crippen LogP contribution in [-0.2, 0) is 0 Å². The molecule has 0 amide bonds. The largest absolute Gasteiger partial charge is 0.231 e. The van der Waals surface area contributed by atoms with E-state index in [0.717, 1.165) is 10.2 Å². The maximum atomic E-state index is 5.72. The molecule has 0 N–H and O–H groups in total. The average Bonchev–Trinajstić information content (AvgIpc) is 2.24. The van der Waals surface area contributed by atoms with Crippen LogP contribution in [0, 0.1) is 6.92 Å². The van der Waals surface area contributed by atoms with E-state index in [1.807, 2.05) is 13.0 Å². The molecule has 0 aliphatic heterocycles. The van der Waals surface area contributed by atoms with Crippen LogP contribution in [0.4, 0.5) is 0 Å². The van der Waals surface area contributed by atoms with E-state index < -0.39 is 0 Å². The Labute approximate surface area is 110 Å². The molecule has 0 fully saturated rings. The van der Waals surface area contributed by atoms with E-state index in [-0.39, 0.29) is 5.28 Å². The SMILES string of the molecule is Cc1ccnc(Sc2nc(Cl)ncc2Br)n1. The Hall–Kier alpha value is -0.720. The second-order valence-corrected chi connectivity index (χ2v) is 5.02. The second kappa shape index (κ2) is 5.07. The van der Waals surface area contributed by atoms with E-state index >= 15 is 0 Å². The lowest BCUT2D eigenvalue weighted by atomic mass is 10.5. The van der Waals surface area contributed by atoms with E-state index in [0.29, 0.717) is 10.2 Å². The maximum Gasteiger partial charge on any atom is 0.223 e. The van der Waals surface area contributed by atoms with Gasteiger partial charge in [-0.05, 0) is 52.3 Å². The standard InChI is InChI=1S/C9H6BrClN4S/c1-5-2-3-12-9(14-5)16-7-6(10)4-13-8(11)15-7/h2-4H,1H3. The maximum absolute atomic E-state index is 5.72. The number of rotatable bonds is 2. The summed E-state index contributed by atoms with van der Waals surface area (Å²) in [4.78, 5) is 16.3. The predicted molar refractivity (Wildman–Crippen MR) is 65.6 cm³/mol. The summed E-state index contributed by atoms with van der Waals surface area (Å²) in [5, 5.41) is 1.54. The number of hydrogen-bond donors (Lipinski definition) is 0. The molecule has 7 heteroatoms. The van der Waals surface area contributed by atoms with Crippen molar-refractivity contribution >= 4 is 39.3 Å². The molecule has 0 saturated carbocycles. The van der Waals surface area contributed by atoms with Gasteiger partial charge in [-0.2, -0.15) is 0 Å². The van der Waals surface area contributed by atoms with Crippen LogP contribution >= 0.6 is 39.3 Å². The van der Waals surface area contributed by atoms with Gasteiger partial charge in [-0.25, -0.2) is 19.9 Å². The van der Waals surface area contributed by atoms with Gasteiger partial charge in [0.15, 0.2) is 5.16 Å². The molecule has 0 atom stereocenters. The van der Waals surface area contributed by atoms with Gasteiger partial charge in [0.05, 0.1) is 4.47 Å². The zero-order valence-electron chi connectivity index (χ0n) is 8.19. The van der Waals surface area contributed by atoms with E-state index in [2.05, 4.69) is 35.9 Å². The van der Waals surface area contributed by atoms with Gasteiger partial charge in [0.2, 0.25) is 5.28 Å². The summed E-state index contributed by atoms with van der Waals surface area (Å²) < 4.78 is 0.770. The summed E-state index contributed by atoms with van der Waals surface area (Å²) >= 11 is 10.4. The fourth-order valence-corrected chi connectivity index (χ4v) is 2.34. The topological polar surface area (TPSA) is 51.6 Å². The minimum Gasteiger partial charge on any atom is -0.231 e. The van der Waals surface area contributed by atoms with Crippen LogP contribution in [0.1, 0.15) is 5.69 Å². The van der Waals surface area contributed by atoms with Crippen LogP contribution in [-0.4, -0.2) is 19.9 Å². The number of aryl methyl sites for hydroxylation is 1. The first-order chi connectivity index (χ1) is 7.65. The van der Waals surface area contributed by atoms with Gasteiger partial charge in [0.1, 0.15) is 5.03 Å². The zero-order valence-corrected chi connectivity index (χ0v) is 11.3. The molecule has 4 nitrogen and oxygen atoms in total. The summed E-state index contributed by atoms with van der Waals surface area (Å²) in [6, 6.07) is 1.84. The van der Waals surface area contributed by atoms with Crippen LogP contribution in [0.2, 0.25) is 5.28 Å². The van der Waals surface area contributed by atoms with Crippen molar-refractivity contribution in [1.29, 1.82) is 0 Å². The van der Waals surface area contributed by atoms with Gasteiger partial charge in [0, 0.05) is 18.1 Å². The second-order valence-electron chi connectivity index (χ2n) is 2.87. The Balaban J connectivity index is 2.30. The van der Waals surface area contributed by atoms with E-state index in [4.69, 9.17) is 11.6 Å². The molecular weight excluding hydrogens is 312 g/mol. The van der Waals surface area contributed by atoms with Crippen molar-refractivity contribution in [2.24, 2.45) is 0 Å². The van der Waals surface area contributed by atoms with Gasteiger partial charge in [-0.1, -0.05) is 0 Å². The highest BCUT2D eigenvalue weighted by molar-refractivity contribution is 9.10. The Kier molecular flexibility index (Phi) is 3.73. The van der Waals surface area contributed by atoms with Gasteiger partial charge in [0.25, 0.3) is 0 Å². The predicted octanol–water partition coefficient (Wildman–Crippen LogP) is 3.14. The van der Waals surface area contributed by atoms with Crippen molar-refractivity contribution in [3.8, 4) is 0 Å². The number of hydrogen-bond acceptors (Lipinski definition) is 5.